The molecule has 2 rings (SSSR count). The number of amides is 1. The molecule has 2 N–H and O–H groups in total. The number of nitrogens with two attached hydrogens (primary N) is 1. The van der Waals surface area contributed by atoms with Crippen LogP contribution in [0.5, 0.6) is 0 Å². The van der Waals surface area contributed by atoms with Crippen LogP contribution < -0.4 is 5.73 Å². The van der Waals surface area contributed by atoms with Gasteiger partial charge in [-0.2, -0.15) is 0 Å². The van der Waals surface area contributed by atoms with Gasteiger partial charge in [-0.05, 0) is 18.8 Å². The van der Waals surface area contributed by atoms with E-state index in [1.54, 1.807) is 0 Å². The number of morpholine rings is 1. The summed E-state index contributed by atoms with van der Waals surface area (Å²) in [6.45, 7) is 2.73. The molecule has 1 heterocycles. The molecule has 0 spiro atoms. The highest BCUT2D eigenvalue weighted by Gasteiger charge is 2.30. The summed E-state index contributed by atoms with van der Waals surface area (Å²) in [7, 11) is 0. The van der Waals surface area contributed by atoms with Gasteiger partial charge in [0, 0.05) is 13.1 Å². The molecular formula is C11H20N2O2. The Balaban J connectivity index is 1.87. The normalized spacial score (nSPS) is 25.5. The molecule has 4 heteroatoms. The SMILES string of the molecule is NC(C(=O)N1CCOCC1)C1CCCC1. The summed E-state index contributed by atoms with van der Waals surface area (Å²) in [5.41, 5.74) is 6.02. The molecule has 1 saturated carbocycles. The van der Waals surface area contributed by atoms with Gasteiger partial charge in [-0.3, -0.25) is 4.79 Å². The van der Waals surface area contributed by atoms with Gasteiger partial charge in [-0.25, -0.2) is 0 Å². The molecule has 1 aliphatic carbocycles. The molecule has 86 valence electrons. The Morgan fingerprint density at radius 3 is 2.47 bits per heavy atom. The van der Waals surface area contributed by atoms with Crippen LogP contribution in [0.2, 0.25) is 0 Å². The van der Waals surface area contributed by atoms with Crippen LogP contribution in [0.1, 0.15) is 25.7 Å². The predicted molar refractivity (Wildman–Crippen MR) is 57.3 cm³/mol. The van der Waals surface area contributed by atoms with E-state index in [0.29, 0.717) is 32.2 Å². The molecule has 0 aromatic rings. The molecule has 0 radical (unpaired) electrons. The van der Waals surface area contributed by atoms with E-state index in [1.165, 1.54) is 12.8 Å². The van der Waals surface area contributed by atoms with E-state index in [1.807, 2.05) is 4.90 Å². The van der Waals surface area contributed by atoms with Gasteiger partial charge in [0.1, 0.15) is 0 Å². The van der Waals surface area contributed by atoms with E-state index in [4.69, 9.17) is 10.5 Å². The van der Waals surface area contributed by atoms with Gasteiger partial charge in [0.15, 0.2) is 0 Å². The van der Waals surface area contributed by atoms with Crippen LogP contribution >= 0.6 is 0 Å². The van der Waals surface area contributed by atoms with Crippen molar-refractivity contribution in [2.45, 2.75) is 31.7 Å². The van der Waals surface area contributed by atoms with Crippen LogP contribution in [-0.2, 0) is 9.53 Å². The lowest BCUT2D eigenvalue weighted by Gasteiger charge is -2.30. The van der Waals surface area contributed by atoms with Gasteiger partial charge in [0.25, 0.3) is 0 Å². The summed E-state index contributed by atoms with van der Waals surface area (Å²) >= 11 is 0. The van der Waals surface area contributed by atoms with Gasteiger partial charge < -0.3 is 15.4 Å². The Morgan fingerprint density at radius 2 is 1.87 bits per heavy atom. The molecule has 1 saturated heterocycles. The van der Waals surface area contributed by atoms with E-state index in [0.717, 1.165) is 12.8 Å². The van der Waals surface area contributed by atoms with Crippen LogP contribution in [0.3, 0.4) is 0 Å². The summed E-state index contributed by atoms with van der Waals surface area (Å²) < 4.78 is 5.22. The lowest BCUT2D eigenvalue weighted by Crippen LogP contribution is -2.50. The third kappa shape index (κ3) is 2.49. The monoisotopic (exact) mass is 212 g/mol. The molecule has 2 fully saturated rings. The summed E-state index contributed by atoms with van der Waals surface area (Å²) in [4.78, 5) is 13.9. The standard InChI is InChI=1S/C11H20N2O2/c12-10(9-3-1-2-4-9)11(14)13-5-7-15-8-6-13/h9-10H,1-8,12H2. The third-order valence-corrected chi connectivity index (χ3v) is 3.52. The number of hydrogen-bond donors (Lipinski definition) is 1. The van der Waals surface area contributed by atoms with Crippen molar-refractivity contribution >= 4 is 5.91 Å². The topological polar surface area (TPSA) is 55.6 Å². The quantitative estimate of drug-likeness (QED) is 0.719. The van der Waals surface area contributed by atoms with E-state index in [9.17, 15) is 4.79 Å². The van der Waals surface area contributed by atoms with Crippen molar-refractivity contribution in [1.82, 2.24) is 4.90 Å². The Hall–Kier alpha value is -0.610. The maximum Gasteiger partial charge on any atom is 0.239 e. The highest BCUT2D eigenvalue weighted by atomic mass is 16.5. The Morgan fingerprint density at radius 1 is 1.27 bits per heavy atom. The molecule has 0 aromatic heterocycles. The number of rotatable bonds is 2. The fourth-order valence-electron chi connectivity index (χ4n) is 2.51. The van der Waals surface area contributed by atoms with Crippen molar-refractivity contribution in [3.05, 3.63) is 0 Å². The van der Waals surface area contributed by atoms with E-state index in [2.05, 4.69) is 0 Å². The largest absolute Gasteiger partial charge is 0.378 e. The van der Waals surface area contributed by atoms with Crippen molar-refractivity contribution in [1.29, 1.82) is 0 Å². The molecule has 1 aliphatic heterocycles. The third-order valence-electron chi connectivity index (χ3n) is 3.52. The number of nitrogens with zero attached hydrogens (tertiary/aromatic N) is 1. The average molecular weight is 212 g/mol. The molecule has 1 unspecified atom stereocenters. The summed E-state index contributed by atoms with van der Waals surface area (Å²) in [6, 6.07) is -0.273. The number of hydrogen-bond acceptors (Lipinski definition) is 3. The molecule has 1 amide bonds. The molecule has 0 aromatic carbocycles. The molecular weight excluding hydrogens is 192 g/mol. The first-order chi connectivity index (χ1) is 7.29. The predicted octanol–water partition coefficient (Wildman–Crippen LogP) is 0.363. The van der Waals surface area contributed by atoms with Gasteiger partial charge in [0.05, 0.1) is 19.3 Å². The second-order valence-corrected chi connectivity index (χ2v) is 4.51. The minimum Gasteiger partial charge on any atom is -0.378 e. The minimum atomic E-state index is -0.273. The number of carbonyl (C=O) groups excluding carboxylic acids is 1. The average Bonchev–Trinajstić information content (AvgIpc) is 2.82. The summed E-state index contributed by atoms with van der Waals surface area (Å²) in [5.74, 6) is 0.547. The second kappa shape index (κ2) is 4.94. The first-order valence-electron chi connectivity index (χ1n) is 5.91. The van der Waals surface area contributed by atoms with Crippen molar-refractivity contribution in [2.75, 3.05) is 26.3 Å². The Kier molecular flexibility index (Phi) is 3.59. The zero-order chi connectivity index (χ0) is 10.7. The van der Waals surface area contributed by atoms with Crippen molar-refractivity contribution in [3.63, 3.8) is 0 Å². The van der Waals surface area contributed by atoms with Gasteiger partial charge in [-0.15, -0.1) is 0 Å². The van der Waals surface area contributed by atoms with Gasteiger partial charge in [-0.1, -0.05) is 12.8 Å². The van der Waals surface area contributed by atoms with Crippen LogP contribution in [-0.4, -0.2) is 43.2 Å². The maximum atomic E-state index is 12.0. The lowest BCUT2D eigenvalue weighted by atomic mass is 9.98. The van der Waals surface area contributed by atoms with E-state index >= 15 is 0 Å². The van der Waals surface area contributed by atoms with Crippen molar-refractivity contribution in [2.24, 2.45) is 11.7 Å². The number of carbonyl (C=O) groups is 1. The highest BCUT2D eigenvalue weighted by molar-refractivity contribution is 5.82. The second-order valence-electron chi connectivity index (χ2n) is 4.51. The molecule has 15 heavy (non-hydrogen) atoms. The fraction of sp³-hybridized carbons (Fsp3) is 0.909. The van der Waals surface area contributed by atoms with Crippen LogP contribution in [0.15, 0.2) is 0 Å². The number of ether oxygens (including phenoxy) is 1. The Bertz CT molecular complexity index is 221. The van der Waals surface area contributed by atoms with Crippen molar-refractivity contribution < 1.29 is 9.53 Å². The first-order valence-corrected chi connectivity index (χ1v) is 5.91. The lowest BCUT2D eigenvalue weighted by molar-refractivity contribution is -0.137. The highest BCUT2D eigenvalue weighted by Crippen LogP contribution is 2.27. The first kappa shape index (κ1) is 10.9. The zero-order valence-electron chi connectivity index (χ0n) is 9.15. The van der Waals surface area contributed by atoms with Crippen LogP contribution in [0.25, 0.3) is 0 Å². The maximum absolute atomic E-state index is 12.0. The minimum absolute atomic E-state index is 0.130. The molecule has 1 atom stereocenters. The molecule has 4 nitrogen and oxygen atoms in total. The van der Waals surface area contributed by atoms with Crippen LogP contribution in [0.4, 0.5) is 0 Å². The zero-order valence-corrected chi connectivity index (χ0v) is 9.15. The smallest absolute Gasteiger partial charge is 0.239 e. The van der Waals surface area contributed by atoms with E-state index < -0.39 is 0 Å². The Labute approximate surface area is 90.8 Å². The fourth-order valence-corrected chi connectivity index (χ4v) is 2.51. The van der Waals surface area contributed by atoms with Gasteiger partial charge in [0.2, 0.25) is 5.91 Å². The van der Waals surface area contributed by atoms with Crippen LogP contribution in [0, 0.1) is 5.92 Å². The molecule has 2 aliphatic rings. The summed E-state index contributed by atoms with van der Waals surface area (Å²) in [6.07, 6.45) is 4.71. The van der Waals surface area contributed by atoms with Gasteiger partial charge >= 0.3 is 0 Å². The van der Waals surface area contributed by atoms with E-state index in [-0.39, 0.29) is 11.9 Å². The molecule has 0 bridgehead atoms. The van der Waals surface area contributed by atoms with Crippen molar-refractivity contribution in [3.8, 4) is 0 Å². The summed E-state index contributed by atoms with van der Waals surface area (Å²) in [5, 5.41) is 0.